The fourth-order valence-corrected chi connectivity index (χ4v) is 9.40. The smallest absolute Gasteiger partial charge is 0.435 e. The van der Waals surface area contributed by atoms with Crippen LogP contribution >= 0.6 is 0 Å². The number of aliphatic carboxylic acids is 1. The number of sulfone groups is 1. The van der Waals surface area contributed by atoms with Crippen LogP contribution in [0.1, 0.15) is 55.2 Å². The molecule has 2 aliphatic carbocycles. The third-order valence-corrected chi connectivity index (χ3v) is 11.8. The van der Waals surface area contributed by atoms with Gasteiger partial charge >= 0.3 is 24.0 Å². The molecular weight excluding hydrogens is 609 g/mol. The van der Waals surface area contributed by atoms with E-state index in [2.05, 4.69) is 4.98 Å². The van der Waals surface area contributed by atoms with Crippen LogP contribution in [0.3, 0.4) is 0 Å². The van der Waals surface area contributed by atoms with E-state index in [9.17, 15) is 53.8 Å². The molecule has 2 heterocycles. The molecule has 0 bridgehead atoms. The number of carboxylic acids is 1. The molecule has 1 aliphatic heterocycles. The van der Waals surface area contributed by atoms with Crippen molar-refractivity contribution >= 4 is 21.7 Å². The van der Waals surface area contributed by atoms with Gasteiger partial charge in [-0.15, -0.1) is 0 Å². The van der Waals surface area contributed by atoms with Crippen LogP contribution in [0.2, 0.25) is 0 Å². The highest BCUT2D eigenvalue weighted by Crippen LogP contribution is 2.57. The Kier molecular flexibility index (Phi) is 7.58. The molecule has 1 N–H and O–H groups in total. The number of pyridine rings is 1. The highest BCUT2D eigenvalue weighted by atomic mass is 32.2. The van der Waals surface area contributed by atoms with E-state index in [1.807, 2.05) is 0 Å². The molecule has 43 heavy (non-hydrogen) atoms. The Morgan fingerprint density at radius 3 is 2.02 bits per heavy atom. The van der Waals surface area contributed by atoms with E-state index >= 15 is 0 Å². The third-order valence-electron chi connectivity index (χ3n) is 9.21. The molecule has 1 saturated heterocycles. The maximum absolute atomic E-state index is 15.0. The van der Waals surface area contributed by atoms with E-state index in [4.69, 9.17) is 0 Å². The maximum atomic E-state index is 15.0. The topological polar surface area (TPSA) is 105 Å². The second-order valence-electron chi connectivity index (χ2n) is 11.3. The van der Waals surface area contributed by atoms with Gasteiger partial charge in [0.2, 0.25) is 5.91 Å². The van der Waals surface area contributed by atoms with Crippen molar-refractivity contribution < 1.29 is 53.8 Å². The standard InChI is InChI=1S/C28H27F7N2O5S/c29-26(27(30,31)32,28(33,34)35)19-6-7-21-18(15-19)5-8-22-25(21,43(41,42)20-9-12-36-13-10-20)11-14-37(22)23(38)16-1-3-17(4-2-16)24(39)40/h6-7,9-10,12-13,15-17,22H,1-5,8,11,14H2,(H,39,40)/t16-,17-,22?,25?. The monoisotopic (exact) mass is 636 g/mol. The SMILES string of the molecule is O=C(O)[C@H]1CC[C@H](C(=O)N2CCC3(S(=O)(=O)c4ccncc4)c4ccc(C(F)(C(F)(F)F)C(F)(F)F)cc4CCC23)CC1. The van der Waals surface area contributed by atoms with Crippen molar-refractivity contribution in [1.82, 2.24) is 9.88 Å². The number of halogens is 7. The molecule has 1 amide bonds. The Morgan fingerprint density at radius 1 is 0.884 bits per heavy atom. The van der Waals surface area contributed by atoms with Gasteiger partial charge in [0, 0.05) is 30.4 Å². The van der Waals surface area contributed by atoms with Crippen molar-refractivity contribution in [2.75, 3.05) is 6.54 Å². The number of alkyl halides is 7. The molecule has 15 heteroatoms. The second kappa shape index (κ2) is 10.4. The maximum Gasteiger partial charge on any atom is 0.435 e. The van der Waals surface area contributed by atoms with Crippen molar-refractivity contribution in [3.63, 3.8) is 0 Å². The number of rotatable bonds is 5. The lowest BCUT2D eigenvalue weighted by atomic mass is 9.76. The molecule has 2 atom stereocenters. The molecule has 2 aromatic rings. The minimum absolute atomic E-state index is 0.0635. The third kappa shape index (κ3) is 4.69. The highest BCUT2D eigenvalue weighted by molar-refractivity contribution is 7.92. The lowest BCUT2D eigenvalue weighted by Crippen LogP contribution is -2.53. The Balaban J connectivity index is 1.61. The fraction of sp³-hybridized carbons (Fsp3) is 0.536. The number of hydrogen-bond acceptors (Lipinski definition) is 5. The van der Waals surface area contributed by atoms with Crippen LogP contribution in [-0.2, 0) is 36.3 Å². The molecule has 2 fully saturated rings. The predicted octanol–water partition coefficient (Wildman–Crippen LogP) is 5.48. The van der Waals surface area contributed by atoms with Gasteiger partial charge in [-0.1, -0.05) is 18.2 Å². The summed E-state index contributed by atoms with van der Waals surface area (Å²) < 4.78 is 123. The number of hydrogen-bond donors (Lipinski definition) is 1. The molecule has 0 spiro atoms. The largest absolute Gasteiger partial charge is 0.481 e. The van der Waals surface area contributed by atoms with Gasteiger partial charge in [-0.2, -0.15) is 26.3 Å². The molecular formula is C28H27F7N2O5S. The van der Waals surface area contributed by atoms with Crippen LogP contribution in [0.4, 0.5) is 30.7 Å². The first kappa shape index (κ1) is 31.2. The average molecular weight is 637 g/mol. The summed E-state index contributed by atoms with van der Waals surface area (Å²) in [5.74, 6) is -2.51. The number of likely N-dealkylation sites (tertiary alicyclic amines) is 1. The van der Waals surface area contributed by atoms with E-state index in [0.717, 1.165) is 6.07 Å². The van der Waals surface area contributed by atoms with Gasteiger partial charge in [-0.05, 0) is 68.2 Å². The van der Waals surface area contributed by atoms with E-state index < -0.39 is 62.0 Å². The number of carbonyl (C=O) groups is 2. The molecule has 1 saturated carbocycles. The molecule has 0 radical (unpaired) electrons. The number of aromatic nitrogens is 1. The van der Waals surface area contributed by atoms with E-state index in [-0.39, 0.29) is 73.4 Å². The summed E-state index contributed by atoms with van der Waals surface area (Å²) in [5.41, 5.74) is -7.66. The zero-order valence-corrected chi connectivity index (χ0v) is 23.3. The first-order valence-corrected chi connectivity index (χ1v) is 15.1. The minimum Gasteiger partial charge on any atom is -0.481 e. The summed E-state index contributed by atoms with van der Waals surface area (Å²) >= 11 is 0. The molecule has 1 aromatic heterocycles. The molecule has 1 aromatic carbocycles. The zero-order chi connectivity index (χ0) is 31.6. The predicted molar refractivity (Wildman–Crippen MR) is 136 cm³/mol. The summed E-state index contributed by atoms with van der Waals surface area (Å²) in [7, 11) is -4.45. The molecule has 7 nitrogen and oxygen atoms in total. The highest BCUT2D eigenvalue weighted by Gasteiger charge is 2.74. The number of benzene rings is 1. The van der Waals surface area contributed by atoms with Crippen LogP contribution in [0.25, 0.3) is 0 Å². The van der Waals surface area contributed by atoms with Crippen LogP contribution in [0.5, 0.6) is 0 Å². The number of carbonyl (C=O) groups excluding carboxylic acids is 1. The number of nitrogens with zero attached hydrogens (tertiary/aromatic N) is 2. The van der Waals surface area contributed by atoms with Crippen LogP contribution < -0.4 is 0 Å². The van der Waals surface area contributed by atoms with Crippen molar-refractivity contribution in [3.05, 3.63) is 59.4 Å². The van der Waals surface area contributed by atoms with Crippen molar-refractivity contribution in [2.45, 2.75) is 78.7 Å². The van der Waals surface area contributed by atoms with E-state index in [0.29, 0.717) is 12.1 Å². The molecule has 5 rings (SSSR count). The first-order chi connectivity index (χ1) is 20.0. The number of aryl methyl sites for hydroxylation is 1. The number of carboxylic acid groups (broad SMARTS) is 1. The fourth-order valence-electron chi connectivity index (χ4n) is 7.04. The summed E-state index contributed by atoms with van der Waals surface area (Å²) in [5, 5.41) is 9.30. The van der Waals surface area contributed by atoms with Gasteiger partial charge in [0.1, 0.15) is 4.75 Å². The zero-order valence-electron chi connectivity index (χ0n) is 22.5. The Labute approximate surface area is 242 Å². The Hall–Kier alpha value is -3.23. The van der Waals surface area contributed by atoms with Gasteiger partial charge in [0.25, 0.3) is 0 Å². The first-order valence-electron chi connectivity index (χ1n) is 13.6. The lowest BCUT2D eigenvalue weighted by Gasteiger charge is -2.43. The van der Waals surface area contributed by atoms with Crippen molar-refractivity contribution in [1.29, 1.82) is 0 Å². The Morgan fingerprint density at radius 2 is 1.47 bits per heavy atom. The van der Waals surface area contributed by atoms with Gasteiger partial charge in [-0.25, -0.2) is 12.8 Å². The van der Waals surface area contributed by atoms with Crippen LogP contribution in [0, 0.1) is 11.8 Å². The summed E-state index contributed by atoms with van der Waals surface area (Å²) in [6, 6.07) is 2.97. The van der Waals surface area contributed by atoms with Gasteiger partial charge < -0.3 is 10.0 Å². The van der Waals surface area contributed by atoms with Crippen molar-refractivity contribution in [2.24, 2.45) is 11.8 Å². The normalized spacial score (nSPS) is 26.5. The van der Waals surface area contributed by atoms with Gasteiger partial charge in [-0.3, -0.25) is 14.6 Å². The summed E-state index contributed by atoms with van der Waals surface area (Å²) in [4.78, 5) is 30.1. The number of fused-ring (bicyclic) bond motifs is 3. The average Bonchev–Trinajstić information content (AvgIpc) is 3.37. The van der Waals surface area contributed by atoms with Gasteiger partial charge in [0.15, 0.2) is 9.84 Å². The second-order valence-corrected chi connectivity index (χ2v) is 13.5. The summed E-state index contributed by atoms with van der Waals surface area (Å²) in [6.45, 7) is -0.0635. The van der Waals surface area contributed by atoms with E-state index in [1.165, 1.54) is 29.4 Å². The minimum atomic E-state index is -6.34. The van der Waals surface area contributed by atoms with Gasteiger partial charge in [0.05, 0.1) is 16.9 Å². The van der Waals surface area contributed by atoms with Crippen LogP contribution in [-0.4, -0.2) is 60.2 Å². The van der Waals surface area contributed by atoms with E-state index in [1.54, 1.807) is 0 Å². The van der Waals surface area contributed by atoms with Crippen LogP contribution in [0.15, 0.2) is 47.6 Å². The molecule has 234 valence electrons. The number of amides is 1. The molecule has 2 unspecified atom stereocenters. The lowest BCUT2D eigenvalue weighted by molar-refractivity contribution is -0.348. The quantitative estimate of drug-likeness (QED) is 0.436. The Bertz CT molecular complexity index is 1510. The molecule has 3 aliphatic rings. The summed E-state index contributed by atoms with van der Waals surface area (Å²) in [6.07, 6.45) is -9.70. The van der Waals surface area contributed by atoms with Crippen molar-refractivity contribution in [3.8, 4) is 0 Å².